The molecule has 0 N–H and O–H groups in total. The minimum Gasteiger partial charge on any atom is -0.310 e. The average molecular weight is 921 g/mol. The smallest absolute Gasteiger partial charge is 0.0715 e. The van der Waals surface area contributed by atoms with E-state index in [0.29, 0.717) is 0 Å². The highest BCUT2D eigenvalue weighted by atomic mass is 127. The molecule has 0 heterocycles. The fourth-order valence-electron chi connectivity index (χ4n) is 9.15. The van der Waals surface area contributed by atoms with Crippen LogP contribution in [-0.2, 0) is 5.41 Å². The van der Waals surface area contributed by atoms with E-state index >= 15 is 0 Å². The zero-order chi connectivity index (χ0) is 40.8. The first kappa shape index (κ1) is 38.5. The van der Waals surface area contributed by atoms with Crippen LogP contribution >= 0.6 is 42.8 Å². The average Bonchev–Trinajstić information content (AvgIpc) is 3.59. The predicted molar refractivity (Wildman–Crippen MR) is 267 cm³/mol. The number of fused-ring (bicyclic) bond motifs is 5. The van der Waals surface area contributed by atoms with E-state index in [1.165, 1.54) is 60.2 Å². The van der Waals surface area contributed by atoms with Crippen molar-refractivity contribution < 1.29 is 0 Å². The van der Waals surface area contributed by atoms with E-state index < -0.39 is 5.41 Å². The Balaban J connectivity index is 1.31. The van der Waals surface area contributed by atoms with Crippen LogP contribution < -0.4 is 9.80 Å². The number of hydrogen-bond acceptors (Lipinski definition) is 4. The number of thiol groups is 1. The molecule has 0 atom stereocenters. The fraction of sp³-hybridized carbons (Fsp3) is 0.0545. The number of rotatable bonds is 9. The van der Waals surface area contributed by atoms with Gasteiger partial charge >= 0.3 is 0 Å². The highest BCUT2D eigenvalue weighted by Gasteiger charge is 2.48. The number of nitrogens with zero attached hydrogens (tertiary/aromatic N) is 2. The first-order valence-electron chi connectivity index (χ1n) is 20.2. The first-order valence-corrected chi connectivity index (χ1v) is 24.0. The molecule has 9 aromatic rings. The summed E-state index contributed by atoms with van der Waals surface area (Å²) in [6, 6.07) is 76.1. The largest absolute Gasteiger partial charge is 0.310 e. The van der Waals surface area contributed by atoms with Gasteiger partial charge in [0.15, 0.2) is 0 Å². The zero-order valence-electron chi connectivity index (χ0n) is 33.3. The van der Waals surface area contributed by atoms with Crippen LogP contribution in [0.15, 0.2) is 216 Å². The Hall–Kier alpha value is -5.73. The Labute approximate surface area is 374 Å². The van der Waals surface area contributed by atoms with Crippen molar-refractivity contribution in [3.63, 3.8) is 0 Å². The van der Waals surface area contributed by atoms with Crippen molar-refractivity contribution in [2.75, 3.05) is 9.80 Å². The third kappa shape index (κ3) is 6.60. The van der Waals surface area contributed by atoms with Gasteiger partial charge < -0.3 is 9.80 Å². The molecule has 2 nitrogen and oxygen atoms in total. The van der Waals surface area contributed by atoms with Gasteiger partial charge in [-0.25, -0.2) is 0 Å². The minimum atomic E-state index is -0.656. The van der Waals surface area contributed by atoms with Gasteiger partial charge in [0.2, 0.25) is 0 Å². The van der Waals surface area contributed by atoms with Crippen LogP contribution in [-0.4, -0.2) is 0 Å². The predicted octanol–water partition coefficient (Wildman–Crippen LogP) is 16.5. The standard InChI is InChI=1S/C55H41IN2S2/c1-37-17-21-41(22-18-37)57(42-27-32-47(60-56)33-28-42)45-29-34-50-51(35-45)55(39-11-5-3-6-12-39,40-13-7-4-8-14-40)52-36-53(48-15-9-10-16-49(48)54(50)52)58(43-23-19-38(2)20-24-43)44-25-30-46(59)31-26-44/h3-36,59H,1-2H3. The second kappa shape index (κ2) is 16.0. The molecule has 0 unspecified atom stereocenters. The summed E-state index contributed by atoms with van der Waals surface area (Å²) in [7, 11) is 1.73. The summed E-state index contributed by atoms with van der Waals surface area (Å²) < 4.78 is 0. The van der Waals surface area contributed by atoms with Gasteiger partial charge in [-0.15, -0.1) is 12.6 Å². The quantitative estimate of drug-likeness (QED) is 0.114. The van der Waals surface area contributed by atoms with Gasteiger partial charge in [0.05, 0.1) is 11.1 Å². The van der Waals surface area contributed by atoms with Gasteiger partial charge in [0.1, 0.15) is 0 Å². The van der Waals surface area contributed by atoms with Crippen molar-refractivity contribution in [1.82, 2.24) is 0 Å². The lowest BCUT2D eigenvalue weighted by Gasteiger charge is -2.36. The molecule has 0 amide bonds. The Morgan fingerprint density at radius 2 is 0.917 bits per heavy atom. The van der Waals surface area contributed by atoms with E-state index in [4.69, 9.17) is 12.6 Å². The second-order valence-corrected chi connectivity index (χ2v) is 18.0. The van der Waals surface area contributed by atoms with Gasteiger partial charge in [0.25, 0.3) is 0 Å². The van der Waals surface area contributed by atoms with Crippen LogP contribution in [0.1, 0.15) is 33.4 Å². The maximum atomic E-state index is 4.69. The summed E-state index contributed by atoms with van der Waals surface area (Å²) in [5, 5.41) is 2.41. The second-order valence-electron chi connectivity index (χ2n) is 15.5. The van der Waals surface area contributed by atoms with Gasteiger partial charge in [-0.05, 0) is 144 Å². The minimum absolute atomic E-state index is 0.656. The molecule has 10 rings (SSSR count). The Morgan fingerprint density at radius 3 is 1.47 bits per heavy atom. The molecule has 1 aliphatic carbocycles. The Kier molecular flexibility index (Phi) is 10.3. The van der Waals surface area contributed by atoms with E-state index in [2.05, 4.69) is 251 Å². The molecule has 9 aromatic carbocycles. The molecule has 0 spiro atoms. The van der Waals surface area contributed by atoms with Crippen LogP contribution in [0.25, 0.3) is 21.9 Å². The molecule has 0 aliphatic heterocycles. The summed E-state index contributed by atoms with van der Waals surface area (Å²) in [4.78, 5) is 6.98. The lowest BCUT2D eigenvalue weighted by molar-refractivity contribution is 0.769. The molecule has 1 aliphatic rings. The Bertz CT molecular complexity index is 2880. The van der Waals surface area contributed by atoms with Crippen molar-refractivity contribution in [2.24, 2.45) is 0 Å². The number of anilines is 6. The SMILES string of the molecule is Cc1ccc(N(c2ccc(SI)cc2)c2ccc3c(c2)C(c2ccccc2)(c2ccccc2)c2cc(N(c4ccc(C)cc4)c4ccc(S)cc4)c4ccccc4c2-3)cc1. The molecule has 0 bridgehead atoms. The van der Waals surface area contributed by atoms with Crippen LogP contribution in [0, 0.1) is 13.8 Å². The molecule has 0 radical (unpaired) electrons. The third-order valence-electron chi connectivity index (χ3n) is 11.9. The first-order chi connectivity index (χ1) is 29.4. The summed E-state index contributed by atoms with van der Waals surface area (Å²) in [5.74, 6) is 0. The van der Waals surface area contributed by atoms with Crippen molar-refractivity contribution in [3.05, 3.63) is 240 Å². The molecule has 0 saturated heterocycles. The van der Waals surface area contributed by atoms with Crippen molar-refractivity contribution in [2.45, 2.75) is 29.1 Å². The van der Waals surface area contributed by atoms with E-state index in [0.717, 1.165) is 39.0 Å². The van der Waals surface area contributed by atoms with Crippen molar-refractivity contribution in [1.29, 1.82) is 0 Å². The van der Waals surface area contributed by atoms with Crippen molar-refractivity contribution in [3.8, 4) is 11.1 Å². The van der Waals surface area contributed by atoms with Gasteiger partial charge in [0, 0.05) is 64.8 Å². The van der Waals surface area contributed by atoms with Crippen molar-refractivity contribution >= 4 is 87.7 Å². The molecule has 60 heavy (non-hydrogen) atoms. The lowest BCUT2D eigenvalue weighted by Crippen LogP contribution is -2.29. The summed E-state index contributed by atoms with van der Waals surface area (Å²) in [5.41, 5.74) is 15.9. The molecule has 0 saturated carbocycles. The third-order valence-corrected chi connectivity index (χ3v) is 14.2. The van der Waals surface area contributed by atoms with Gasteiger partial charge in [-0.2, -0.15) is 0 Å². The molecular formula is C55H41IN2S2. The van der Waals surface area contributed by atoms with Gasteiger partial charge in [-0.3, -0.25) is 0 Å². The normalized spacial score (nSPS) is 12.5. The van der Waals surface area contributed by atoms with Crippen LogP contribution in [0.4, 0.5) is 34.1 Å². The molecule has 290 valence electrons. The highest BCUT2D eigenvalue weighted by molar-refractivity contribution is 14.2. The highest BCUT2D eigenvalue weighted by Crippen LogP contribution is 2.60. The maximum Gasteiger partial charge on any atom is 0.0715 e. The summed E-state index contributed by atoms with van der Waals surface area (Å²) in [6.45, 7) is 4.29. The van der Waals surface area contributed by atoms with Crippen LogP contribution in [0.5, 0.6) is 0 Å². The fourth-order valence-corrected chi connectivity index (χ4v) is 10.4. The summed E-state index contributed by atoms with van der Waals surface area (Å²) in [6.07, 6.45) is 0. The number of halogens is 1. The monoisotopic (exact) mass is 920 g/mol. The van der Waals surface area contributed by atoms with E-state index in [-0.39, 0.29) is 0 Å². The van der Waals surface area contributed by atoms with E-state index in [9.17, 15) is 0 Å². The van der Waals surface area contributed by atoms with Crippen LogP contribution in [0.2, 0.25) is 0 Å². The summed E-state index contributed by atoms with van der Waals surface area (Å²) >= 11 is 7.05. The maximum absolute atomic E-state index is 4.69. The molecule has 0 fully saturated rings. The van der Waals surface area contributed by atoms with Crippen LogP contribution in [0.3, 0.4) is 0 Å². The molecule has 0 aromatic heterocycles. The zero-order valence-corrected chi connectivity index (χ0v) is 37.1. The molecular weight excluding hydrogens is 880 g/mol. The number of aryl methyl sites for hydroxylation is 2. The number of benzene rings is 9. The number of hydrogen-bond donors (Lipinski definition) is 1. The van der Waals surface area contributed by atoms with Gasteiger partial charge in [-0.1, -0.05) is 135 Å². The molecule has 5 heteroatoms. The van der Waals surface area contributed by atoms with E-state index in [1.54, 1.807) is 8.93 Å². The Morgan fingerprint density at radius 1 is 0.450 bits per heavy atom. The van der Waals surface area contributed by atoms with E-state index in [1.807, 2.05) is 0 Å². The topological polar surface area (TPSA) is 6.48 Å². The lowest BCUT2D eigenvalue weighted by atomic mass is 9.67.